The minimum absolute atomic E-state index is 0.0214. The maximum Gasteiger partial charge on any atom is 0.239 e. The van der Waals surface area contributed by atoms with Gasteiger partial charge in [-0.15, -0.1) is 0 Å². The summed E-state index contributed by atoms with van der Waals surface area (Å²) in [6.45, 7) is 3.08. The molecule has 0 bridgehead atoms. The second-order valence-electron chi connectivity index (χ2n) is 6.08. The van der Waals surface area contributed by atoms with Gasteiger partial charge in [0.1, 0.15) is 0 Å². The van der Waals surface area contributed by atoms with Crippen LogP contribution in [-0.4, -0.2) is 30.5 Å². The molecule has 2 heterocycles. The highest BCUT2D eigenvalue weighted by Gasteiger charge is 2.10. The van der Waals surface area contributed by atoms with Crippen molar-refractivity contribution in [2.24, 2.45) is 0 Å². The average Bonchev–Trinajstić information content (AvgIpc) is 2.67. The summed E-state index contributed by atoms with van der Waals surface area (Å²) in [7, 11) is 0. The van der Waals surface area contributed by atoms with Gasteiger partial charge >= 0.3 is 0 Å². The summed E-state index contributed by atoms with van der Waals surface area (Å²) in [6, 6.07) is 12.1. The quantitative estimate of drug-likeness (QED) is 0.858. The Bertz CT molecular complexity index is 636. The second kappa shape index (κ2) is 8.34. The number of anilines is 2. The van der Waals surface area contributed by atoms with Crippen LogP contribution in [0.2, 0.25) is 0 Å². The smallest absolute Gasteiger partial charge is 0.239 e. The monoisotopic (exact) mass is 324 g/mol. The molecular formula is C19H24N4O. The summed E-state index contributed by atoms with van der Waals surface area (Å²) in [4.78, 5) is 18.3. The summed E-state index contributed by atoms with van der Waals surface area (Å²) >= 11 is 0. The van der Waals surface area contributed by atoms with E-state index in [1.165, 1.54) is 24.9 Å². The van der Waals surface area contributed by atoms with Crippen molar-refractivity contribution in [1.82, 2.24) is 10.3 Å². The number of benzene rings is 1. The van der Waals surface area contributed by atoms with Crippen molar-refractivity contribution < 1.29 is 4.79 Å². The van der Waals surface area contributed by atoms with Gasteiger partial charge in [-0.3, -0.25) is 9.78 Å². The fourth-order valence-electron chi connectivity index (χ4n) is 2.89. The Labute approximate surface area is 143 Å². The van der Waals surface area contributed by atoms with Gasteiger partial charge in [0.2, 0.25) is 5.91 Å². The molecule has 0 spiro atoms. The molecule has 1 saturated heterocycles. The lowest BCUT2D eigenvalue weighted by atomic mass is 10.1. The van der Waals surface area contributed by atoms with E-state index in [4.69, 9.17) is 0 Å². The lowest BCUT2D eigenvalue weighted by molar-refractivity contribution is -0.119. The third kappa shape index (κ3) is 4.72. The number of nitrogens with one attached hydrogen (secondary N) is 2. The topological polar surface area (TPSA) is 57.3 Å². The van der Waals surface area contributed by atoms with Crippen LogP contribution in [0.25, 0.3) is 0 Å². The van der Waals surface area contributed by atoms with E-state index in [9.17, 15) is 4.79 Å². The lowest BCUT2D eigenvalue weighted by Gasteiger charge is -2.28. The zero-order chi connectivity index (χ0) is 16.6. The predicted molar refractivity (Wildman–Crippen MR) is 97.1 cm³/mol. The summed E-state index contributed by atoms with van der Waals surface area (Å²) in [6.07, 6.45) is 7.34. The molecule has 3 rings (SSSR count). The first-order valence-corrected chi connectivity index (χ1v) is 8.56. The normalized spacial score (nSPS) is 14.2. The summed E-state index contributed by atoms with van der Waals surface area (Å²) < 4.78 is 0. The Hall–Kier alpha value is -2.56. The number of carbonyl (C=O) groups excluding carboxylic acids is 1. The summed E-state index contributed by atoms with van der Waals surface area (Å²) in [5, 5.41) is 6.06. The molecule has 24 heavy (non-hydrogen) atoms. The zero-order valence-corrected chi connectivity index (χ0v) is 13.9. The van der Waals surface area contributed by atoms with Crippen molar-refractivity contribution in [3.8, 4) is 0 Å². The van der Waals surface area contributed by atoms with Crippen LogP contribution < -0.4 is 15.5 Å². The molecule has 1 aromatic heterocycles. The number of rotatable bonds is 6. The summed E-state index contributed by atoms with van der Waals surface area (Å²) in [5.74, 6) is -0.0214. The van der Waals surface area contributed by atoms with E-state index in [2.05, 4.69) is 32.7 Å². The molecule has 0 atom stereocenters. The van der Waals surface area contributed by atoms with Gasteiger partial charge in [0.05, 0.1) is 6.54 Å². The van der Waals surface area contributed by atoms with Crippen LogP contribution in [0.3, 0.4) is 0 Å². The third-order valence-electron chi connectivity index (χ3n) is 4.28. The lowest BCUT2D eigenvalue weighted by Crippen LogP contribution is -2.30. The number of hydrogen-bond acceptors (Lipinski definition) is 4. The van der Waals surface area contributed by atoms with E-state index in [1.807, 2.05) is 24.3 Å². The van der Waals surface area contributed by atoms with Crippen molar-refractivity contribution in [2.45, 2.75) is 25.8 Å². The Morgan fingerprint density at radius 1 is 1.00 bits per heavy atom. The van der Waals surface area contributed by atoms with Crippen LogP contribution >= 0.6 is 0 Å². The van der Waals surface area contributed by atoms with E-state index < -0.39 is 0 Å². The van der Waals surface area contributed by atoms with Crippen LogP contribution in [0, 0.1) is 0 Å². The second-order valence-corrected chi connectivity index (χ2v) is 6.08. The fraction of sp³-hybridized carbons (Fsp3) is 0.368. The zero-order valence-electron chi connectivity index (χ0n) is 13.9. The highest BCUT2D eigenvalue weighted by molar-refractivity contribution is 5.80. The number of carbonyl (C=O) groups is 1. The molecule has 1 fully saturated rings. The minimum Gasteiger partial charge on any atom is -0.376 e. The molecule has 126 valence electrons. The Morgan fingerprint density at radius 2 is 1.71 bits per heavy atom. The molecule has 1 aromatic carbocycles. The Kier molecular flexibility index (Phi) is 5.66. The van der Waals surface area contributed by atoms with Gasteiger partial charge in [0, 0.05) is 43.4 Å². The predicted octanol–water partition coefficient (Wildman–Crippen LogP) is 2.80. The molecule has 0 aliphatic carbocycles. The van der Waals surface area contributed by atoms with Crippen LogP contribution in [-0.2, 0) is 11.3 Å². The van der Waals surface area contributed by atoms with E-state index in [-0.39, 0.29) is 12.5 Å². The molecular weight excluding hydrogens is 300 g/mol. The van der Waals surface area contributed by atoms with Gasteiger partial charge < -0.3 is 15.5 Å². The molecule has 1 aliphatic rings. The molecule has 0 unspecified atom stereocenters. The largest absolute Gasteiger partial charge is 0.376 e. The van der Waals surface area contributed by atoms with Gasteiger partial charge in [0.15, 0.2) is 0 Å². The van der Waals surface area contributed by atoms with Crippen molar-refractivity contribution >= 4 is 17.3 Å². The number of aromatic nitrogens is 1. The van der Waals surface area contributed by atoms with E-state index in [0.717, 1.165) is 24.3 Å². The first-order valence-electron chi connectivity index (χ1n) is 8.56. The molecule has 1 amide bonds. The number of amides is 1. The molecule has 2 aromatic rings. The van der Waals surface area contributed by atoms with E-state index in [0.29, 0.717) is 6.54 Å². The molecule has 5 heteroatoms. The molecule has 1 aliphatic heterocycles. The molecule has 2 N–H and O–H groups in total. The highest BCUT2D eigenvalue weighted by atomic mass is 16.1. The third-order valence-corrected chi connectivity index (χ3v) is 4.28. The van der Waals surface area contributed by atoms with Gasteiger partial charge in [-0.25, -0.2) is 0 Å². The maximum atomic E-state index is 11.9. The molecule has 5 nitrogen and oxygen atoms in total. The van der Waals surface area contributed by atoms with Crippen LogP contribution in [0.15, 0.2) is 48.8 Å². The standard InChI is InChI=1S/C19H24N4O/c24-19(22-14-16-8-10-20-11-9-16)15-21-17-4-6-18(7-5-17)23-12-2-1-3-13-23/h4-11,21H,1-3,12-15H2,(H,22,24). The van der Waals surface area contributed by atoms with Gasteiger partial charge in [-0.05, 0) is 61.2 Å². The van der Waals surface area contributed by atoms with Gasteiger partial charge in [0.25, 0.3) is 0 Å². The fourth-order valence-corrected chi connectivity index (χ4v) is 2.89. The maximum absolute atomic E-state index is 11.9. The first-order chi connectivity index (χ1) is 11.8. The van der Waals surface area contributed by atoms with Crippen LogP contribution in [0.1, 0.15) is 24.8 Å². The van der Waals surface area contributed by atoms with Crippen LogP contribution in [0.4, 0.5) is 11.4 Å². The minimum atomic E-state index is -0.0214. The first kappa shape index (κ1) is 16.3. The van der Waals surface area contributed by atoms with E-state index in [1.54, 1.807) is 12.4 Å². The molecule has 0 radical (unpaired) electrons. The van der Waals surface area contributed by atoms with Crippen molar-refractivity contribution in [3.05, 3.63) is 54.4 Å². The van der Waals surface area contributed by atoms with Gasteiger partial charge in [-0.2, -0.15) is 0 Å². The van der Waals surface area contributed by atoms with E-state index >= 15 is 0 Å². The van der Waals surface area contributed by atoms with Crippen molar-refractivity contribution in [1.29, 1.82) is 0 Å². The van der Waals surface area contributed by atoms with Gasteiger partial charge in [-0.1, -0.05) is 0 Å². The number of piperidine rings is 1. The SMILES string of the molecule is O=C(CNc1ccc(N2CCCCC2)cc1)NCc1ccncc1. The van der Waals surface area contributed by atoms with Crippen molar-refractivity contribution in [2.75, 3.05) is 29.9 Å². The average molecular weight is 324 g/mol. The Morgan fingerprint density at radius 3 is 2.42 bits per heavy atom. The Balaban J connectivity index is 1.43. The molecule has 0 saturated carbocycles. The summed E-state index contributed by atoms with van der Waals surface area (Å²) in [5.41, 5.74) is 3.28. The number of nitrogens with zero attached hydrogens (tertiary/aromatic N) is 2. The number of pyridine rings is 1. The van der Waals surface area contributed by atoms with Crippen molar-refractivity contribution in [3.63, 3.8) is 0 Å². The van der Waals surface area contributed by atoms with Crippen LogP contribution in [0.5, 0.6) is 0 Å². The highest BCUT2D eigenvalue weighted by Crippen LogP contribution is 2.21. The number of hydrogen-bond donors (Lipinski definition) is 2.